The van der Waals surface area contributed by atoms with E-state index in [0.29, 0.717) is 24.1 Å². The lowest BCUT2D eigenvalue weighted by Crippen LogP contribution is -2.61. The molecule has 2 saturated heterocycles. The number of piperazine rings is 1. The number of fused-ring (bicyclic) bond motifs is 4. The Morgan fingerprint density at radius 1 is 1.06 bits per heavy atom. The summed E-state index contributed by atoms with van der Waals surface area (Å²) >= 11 is 6.51. The van der Waals surface area contributed by atoms with Crippen LogP contribution in [-0.4, -0.2) is 114 Å². The number of nitrogens with zero attached hydrogens (tertiary/aromatic N) is 3. The average molecular weight is 767 g/mol. The lowest BCUT2D eigenvalue weighted by atomic mass is 9.63. The number of halogens is 1. The number of rotatable bonds is 4. The Morgan fingerprint density at radius 3 is 2.58 bits per heavy atom. The van der Waals surface area contributed by atoms with Crippen LogP contribution in [-0.2, 0) is 31.3 Å². The summed E-state index contributed by atoms with van der Waals surface area (Å²) < 4.78 is 48.1. The largest absolute Gasteiger partial charge is 0.490 e. The van der Waals surface area contributed by atoms with Crippen LogP contribution in [0.1, 0.15) is 61.0 Å². The van der Waals surface area contributed by atoms with Gasteiger partial charge in [0.05, 0.1) is 37.3 Å². The molecule has 0 unspecified atom stereocenters. The van der Waals surface area contributed by atoms with E-state index in [0.717, 1.165) is 108 Å². The van der Waals surface area contributed by atoms with E-state index in [2.05, 4.69) is 50.6 Å². The number of hydrogen-bond acceptors (Lipinski definition) is 9. The van der Waals surface area contributed by atoms with Gasteiger partial charge in [-0.15, -0.1) is 0 Å². The molecule has 3 fully saturated rings. The molecule has 2 aromatic rings. The number of sulfonamides is 1. The number of anilines is 1. The van der Waals surface area contributed by atoms with Gasteiger partial charge in [0, 0.05) is 68.9 Å². The Hall–Kier alpha value is -2.67. The van der Waals surface area contributed by atoms with Gasteiger partial charge in [-0.1, -0.05) is 43.7 Å². The van der Waals surface area contributed by atoms with E-state index in [1.807, 2.05) is 32.2 Å². The highest BCUT2D eigenvalue weighted by Crippen LogP contribution is 2.49. The van der Waals surface area contributed by atoms with Gasteiger partial charge in [-0.25, -0.2) is 13.1 Å². The minimum absolute atomic E-state index is 0.0496. The second-order valence-corrected chi connectivity index (χ2v) is 19.0. The van der Waals surface area contributed by atoms with Gasteiger partial charge in [-0.05, 0) is 97.2 Å². The molecule has 288 valence electrons. The van der Waals surface area contributed by atoms with E-state index in [-0.39, 0.29) is 28.9 Å². The number of benzene rings is 2. The number of ether oxygens (including phenoxy) is 3. The van der Waals surface area contributed by atoms with E-state index < -0.39 is 21.5 Å². The number of carbonyl (C=O) groups excluding carboxylic acids is 1. The van der Waals surface area contributed by atoms with Gasteiger partial charge in [0.1, 0.15) is 11.4 Å². The van der Waals surface area contributed by atoms with Gasteiger partial charge in [-0.3, -0.25) is 14.6 Å². The standard InChI is InChI=1S/C41H55ClN4O6S/c1-28-12-14-41(50-3,26-44-15-17-45(18-16-44)34-22-51-23-34)36-9-6-32(36)21-46-25-40(13-4-5-30-19-33(42)8-10-35(30)40)27-52-38-11-7-31(20-37(38)46)39(47)43-53(48,49)24-29(28)2/h7-8,10-12,14,19-20,28-29,32,34,36H,4-6,9,13,15-18,21-27H2,1-3H3,(H,43,47)/b14-12-/t28-,29+,32-,36+,40-,41+/m0/s1. The monoisotopic (exact) mass is 766 g/mol. The molecule has 12 heteroatoms. The van der Waals surface area contributed by atoms with Crippen LogP contribution in [0.3, 0.4) is 0 Å². The molecule has 2 aromatic carbocycles. The molecule has 4 heterocycles. The van der Waals surface area contributed by atoms with Crippen LogP contribution in [0.15, 0.2) is 48.6 Å². The van der Waals surface area contributed by atoms with Crippen LogP contribution >= 0.6 is 11.6 Å². The van der Waals surface area contributed by atoms with E-state index in [9.17, 15) is 13.2 Å². The van der Waals surface area contributed by atoms with Crippen molar-refractivity contribution < 1.29 is 27.4 Å². The van der Waals surface area contributed by atoms with Crippen LogP contribution in [0.2, 0.25) is 5.02 Å². The maximum absolute atomic E-state index is 13.6. The number of methoxy groups -OCH3 is 1. The number of nitrogens with one attached hydrogen (secondary N) is 1. The lowest BCUT2D eigenvalue weighted by molar-refractivity contribution is -0.107. The molecule has 1 N–H and O–H groups in total. The van der Waals surface area contributed by atoms with Gasteiger partial charge >= 0.3 is 0 Å². The number of hydrogen-bond donors (Lipinski definition) is 1. The third-order valence-electron chi connectivity index (χ3n) is 13.5. The molecule has 10 nitrogen and oxygen atoms in total. The zero-order valence-corrected chi connectivity index (χ0v) is 33.0. The average Bonchev–Trinajstić information content (AvgIpc) is 3.24. The number of carbonyl (C=O) groups is 1. The number of aryl methyl sites for hydroxylation is 1. The highest BCUT2D eigenvalue weighted by atomic mass is 35.5. The predicted molar refractivity (Wildman–Crippen MR) is 208 cm³/mol. The van der Waals surface area contributed by atoms with Gasteiger partial charge in [0.2, 0.25) is 10.0 Å². The van der Waals surface area contributed by atoms with Crippen molar-refractivity contribution in [2.24, 2.45) is 23.7 Å². The highest BCUT2D eigenvalue weighted by molar-refractivity contribution is 7.90. The third kappa shape index (κ3) is 7.38. The zero-order valence-electron chi connectivity index (χ0n) is 31.4. The maximum atomic E-state index is 13.6. The molecule has 53 heavy (non-hydrogen) atoms. The fraction of sp³-hybridized carbons (Fsp3) is 0.634. The summed E-state index contributed by atoms with van der Waals surface area (Å²) in [6.07, 6.45) is 9.57. The van der Waals surface area contributed by atoms with Crippen molar-refractivity contribution in [2.75, 3.05) is 83.4 Å². The van der Waals surface area contributed by atoms with Gasteiger partial charge in [0.25, 0.3) is 5.91 Å². The summed E-state index contributed by atoms with van der Waals surface area (Å²) in [5, 5.41) is 0.748. The van der Waals surface area contributed by atoms with Gasteiger partial charge in [0.15, 0.2) is 0 Å². The first kappa shape index (κ1) is 37.3. The van der Waals surface area contributed by atoms with E-state index in [4.69, 9.17) is 25.8 Å². The quantitative estimate of drug-likeness (QED) is 0.425. The summed E-state index contributed by atoms with van der Waals surface area (Å²) in [6, 6.07) is 12.2. The normalized spacial score (nSPS) is 34.4. The molecule has 0 radical (unpaired) electrons. The molecule has 1 amide bonds. The zero-order chi connectivity index (χ0) is 37.0. The summed E-state index contributed by atoms with van der Waals surface area (Å²) in [4.78, 5) is 21.1. The summed E-state index contributed by atoms with van der Waals surface area (Å²) in [7, 11) is -2.05. The summed E-state index contributed by atoms with van der Waals surface area (Å²) in [5.74, 6) is 0.272. The SMILES string of the molecule is CO[C@@]1(CN2CCN(C3COC3)CC2)/C=C\[C@H](C)[C@H](C)CS(=O)(=O)NC(=O)c2ccc3c(c2)N(C[C@@H]2CC[C@H]21)C[C@@]1(CCCc2cc(Cl)ccc21)CO3. The Morgan fingerprint density at radius 2 is 1.87 bits per heavy atom. The number of allylic oxidation sites excluding steroid dienone is 1. The molecular weight excluding hydrogens is 712 g/mol. The van der Waals surface area contributed by atoms with E-state index in [1.54, 1.807) is 6.07 Å². The first-order chi connectivity index (χ1) is 25.5. The van der Waals surface area contributed by atoms with Crippen molar-refractivity contribution in [1.29, 1.82) is 0 Å². The van der Waals surface area contributed by atoms with Crippen LogP contribution < -0.4 is 14.4 Å². The van der Waals surface area contributed by atoms with Crippen molar-refractivity contribution >= 4 is 33.2 Å². The minimum Gasteiger partial charge on any atom is -0.490 e. The molecule has 2 aliphatic carbocycles. The third-order valence-corrected chi connectivity index (χ3v) is 15.2. The molecule has 4 aliphatic heterocycles. The van der Waals surface area contributed by atoms with Crippen molar-refractivity contribution in [2.45, 2.75) is 63.0 Å². The molecule has 8 rings (SSSR count). The molecule has 1 spiro atoms. The summed E-state index contributed by atoms with van der Waals surface area (Å²) in [5.41, 5.74) is 2.90. The highest BCUT2D eigenvalue weighted by Gasteiger charge is 2.50. The van der Waals surface area contributed by atoms with Crippen LogP contribution in [0, 0.1) is 23.7 Å². The van der Waals surface area contributed by atoms with Crippen molar-refractivity contribution in [1.82, 2.24) is 14.5 Å². The first-order valence-corrected chi connectivity index (χ1v) is 21.6. The Labute approximate surface area is 320 Å². The van der Waals surface area contributed by atoms with Crippen molar-refractivity contribution in [3.63, 3.8) is 0 Å². The van der Waals surface area contributed by atoms with E-state index in [1.165, 1.54) is 11.1 Å². The fourth-order valence-corrected chi connectivity index (χ4v) is 11.5. The van der Waals surface area contributed by atoms with Crippen LogP contribution in [0.5, 0.6) is 5.75 Å². The van der Waals surface area contributed by atoms with Crippen LogP contribution in [0.4, 0.5) is 5.69 Å². The molecule has 0 aromatic heterocycles. The van der Waals surface area contributed by atoms with Crippen LogP contribution in [0.25, 0.3) is 0 Å². The topological polar surface area (TPSA) is 101 Å². The molecule has 1 saturated carbocycles. The fourth-order valence-electron chi connectivity index (χ4n) is 9.86. The van der Waals surface area contributed by atoms with Gasteiger partial charge in [-0.2, -0.15) is 0 Å². The summed E-state index contributed by atoms with van der Waals surface area (Å²) in [6.45, 7) is 12.4. The number of amides is 1. The molecule has 6 aliphatic rings. The Kier molecular flexibility index (Phi) is 10.4. The molecular formula is C41H55ClN4O6S. The van der Waals surface area contributed by atoms with Crippen molar-refractivity contribution in [3.8, 4) is 5.75 Å². The van der Waals surface area contributed by atoms with Crippen molar-refractivity contribution in [3.05, 3.63) is 70.3 Å². The predicted octanol–water partition coefficient (Wildman–Crippen LogP) is 5.14. The smallest absolute Gasteiger partial charge is 0.264 e. The Balaban J connectivity index is 1.17. The Bertz CT molecular complexity index is 1830. The second-order valence-electron chi connectivity index (χ2n) is 16.8. The first-order valence-electron chi connectivity index (χ1n) is 19.6. The second kappa shape index (κ2) is 14.8. The molecule has 6 atom stereocenters. The van der Waals surface area contributed by atoms with Gasteiger partial charge < -0.3 is 19.1 Å². The maximum Gasteiger partial charge on any atom is 0.264 e. The van der Waals surface area contributed by atoms with E-state index >= 15 is 0 Å². The molecule has 2 bridgehead atoms. The minimum atomic E-state index is -3.91. The lowest BCUT2D eigenvalue weighted by Gasteiger charge is -2.52.